The highest BCUT2D eigenvalue weighted by molar-refractivity contribution is 7.21. The van der Waals surface area contributed by atoms with E-state index in [1.165, 1.54) is 11.3 Å². The van der Waals surface area contributed by atoms with Crippen molar-refractivity contribution in [2.24, 2.45) is 0 Å². The van der Waals surface area contributed by atoms with Crippen molar-refractivity contribution in [3.05, 3.63) is 17.1 Å². The Labute approximate surface area is 124 Å². The van der Waals surface area contributed by atoms with E-state index in [1.807, 2.05) is 0 Å². The number of pyridine rings is 1. The minimum Gasteiger partial charge on any atom is -0.349 e. The highest BCUT2D eigenvalue weighted by atomic mass is 32.1. The smallest absolute Gasteiger partial charge is 0.323 e. The summed E-state index contributed by atoms with van der Waals surface area (Å²) >= 11 is 1.32. The van der Waals surface area contributed by atoms with E-state index >= 15 is 0 Å². The summed E-state index contributed by atoms with van der Waals surface area (Å²) in [7, 11) is 0. The first-order valence-electron chi connectivity index (χ1n) is 7.03. The Balaban J connectivity index is 1.75. The number of carbonyl (C=O) groups excluding carboxylic acids is 2. The van der Waals surface area contributed by atoms with Gasteiger partial charge < -0.3 is 16.0 Å². The summed E-state index contributed by atoms with van der Waals surface area (Å²) in [5.74, 6) is -0.118. The van der Waals surface area contributed by atoms with Gasteiger partial charge in [0.05, 0.1) is 16.8 Å². The number of nitrogens with one attached hydrogen (secondary N) is 3. The van der Waals surface area contributed by atoms with Crippen LogP contribution in [0.2, 0.25) is 0 Å². The number of nitrogens with zero attached hydrogens (tertiary/aromatic N) is 1. The minimum atomic E-state index is -0.316. The molecule has 108 valence electrons. The second-order valence-corrected chi connectivity index (χ2v) is 6.38. The molecule has 21 heavy (non-hydrogen) atoms. The predicted octanol–water partition coefficient (Wildman–Crippen LogP) is 2.93. The van der Waals surface area contributed by atoms with Gasteiger partial charge in [0.1, 0.15) is 9.71 Å². The van der Waals surface area contributed by atoms with E-state index in [1.54, 1.807) is 12.3 Å². The molecule has 0 saturated heterocycles. The molecular weight excluding hydrogens is 288 g/mol. The van der Waals surface area contributed by atoms with Crippen molar-refractivity contribution < 1.29 is 9.59 Å². The number of hydrogen-bond donors (Lipinski definition) is 3. The molecule has 3 N–H and O–H groups in total. The van der Waals surface area contributed by atoms with Gasteiger partial charge in [-0.2, -0.15) is 0 Å². The van der Waals surface area contributed by atoms with Crippen molar-refractivity contribution in [1.82, 2.24) is 10.3 Å². The maximum atomic E-state index is 12.5. The zero-order valence-electron chi connectivity index (χ0n) is 11.2. The molecule has 1 aliphatic carbocycles. The topological polar surface area (TPSA) is 83.1 Å². The average molecular weight is 302 g/mol. The zero-order valence-corrected chi connectivity index (χ0v) is 12.0. The number of amides is 3. The molecule has 1 fully saturated rings. The number of anilines is 2. The minimum absolute atomic E-state index is 0.118. The fraction of sp³-hybridized carbons (Fsp3) is 0.357. The van der Waals surface area contributed by atoms with Crippen molar-refractivity contribution in [3.8, 4) is 0 Å². The van der Waals surface area contributed by atoms with Crippen LogP contribution < -0.4 is 16.0 Å². The molecule has 0 unspecified atom stereocenters. The number of thiophene rings is 1. The van der Waals surface area contributed by atoms with Crippen LogP contribution in [0.3, 0.4) is 0 Å². The molecule has 6 nitrogen and oxygen atoms in total. The number of aromatic nitrogens is 1. The molecular formula is C14H14N4O2S. The van der Waals surface area contributed by atoms with Gasteiger partial charge in [-0.25, -0.2) is 9.78 Å². The first-order valence-corrected chi connectivity index (χ1v) is 7.84. The first-order chi connectivity index (χ1) is 10.2. The summed E-state index contributed by atoms with van der Waals surface area (Å²) in [6.07, 6.45) is 6.03. The molecule has 0 bridgehead atoms. The lowest BCUT2D eigenvalue weighted by atomic mass is 10.2. The van der Waals surface area contributed by atoms with Crippen molar-refractivity contribution in [2.45, 2.75) is 31.7 Å². The molecule has 3 heterocycles. The average Bonchev–Trinajstić information content (AvgIpc) is 3.08. The standard InChI is InChI=1S/C14H14N4O2S/c19-12(16-7-3-1-2-4-7)11-10-9-8(17-14(20)18-10)5-6-15-13(9)21-11/h5-7H,1-4H2,(H,16,19)(H2,17,18,20). The number of urea groups is 1. The Morgan fingerprint density at radius 1 is 1.33 bits per heavy atom. The van der Waals surface area contributed by atoms with Gasteiger partial charge in [0.2, 0.25) is 0 Å². The second-order valence-electron chi connectivity index (χ2n) is 5.38. The van der Waals surface area contributed by atoms with Crippen molar-refractivity contribution in [2.75, 3.05) is 10.6 Å². The molecule has 2 aromatic heterocycles. The molecule has 2 aliphatic rings. The van der Waals surface area contributed by atoms with Crippen LogP contribution in [0, 0.1) is 0 Å². The summed E-state index contributed by atoms with van der Waals surface area (Å²) in [6, 6.07) is 1.68. The van der Waals surface area contributed by atoms with Gasteiger partial charge in [0.25, 0.3) is 5.91 Å². The Morgan fingerprint density at radius 3 is 2.95 bits per heavy atom. The van der Waals surface area contributed by atoms with E-state index in [0.29, 0.717) is 16.3 Å². The third-order valence-corrected chi connectivity index (χ3v) is 5.07. The summed E-state index contributed by atoms with van der Waals surface area (Å²) in [5.41, 5.74) is 1.28. The fourth-order valence-electron chi connectivity index (χ4n) is 2.99. The Bertz CT molecular complexity index is 749. The van der Waals surface area contributed by atoms with E-state index < -0.39 is 0 Å². The Morgan fingerprint density at radius 2 is 2.14 bits per heavy atom. The monoisotopic (exact) mass is 302 g/mol. The van der Waals surface area contributed by atoms with Crippen molar-refractivity contribution >= 4 is 44.9 Å². The highest BCUT2D eigenvalue weighted by Crippen LogP contribution is 2.41. The van der Waals surface area contributed by atoms with Gasteiger partial charge in [-0.15, -0.1) is 11.3 Å². The number of carbonyl (C=O) groups is 2. The van der Waals surface area contributed by atoms with Crippen LogP contribution in [0.4, 0.5) is 16.2 Å². The van der Waals surface area contributed by atoms with Crippen LogP contribution in [-0.4, -0.2) is 23.0 Å². The van der Waals surface area contributed by atoms with E-state index in [9.17, 15) is 9.59 Å². The largest absolute Gasteiger partial charge is 0.349 e. The normalized spacial score (nSPS) is 17.6. The fourth-order valence-corrected chi connectivity index (χ4v) is 4.02. The van der Waals surface area contributed by atoms with Crippen molar-refractivity contribution in [3.63, 3.8) is 0 Å². The first kappa shape index (κ1) is 12.6. The van der Waals surface area contributed by atoms with Crippen LogP contribution in [0.15, 0.2) is 12.3 Å². The summed E-state index contributed by atoms with van der Waals surface area (Å²) < 4.78 is 0. The summed E-state index contributed by atoms with van der Waals surface area (Å²) in [4.78, 5) is 29.8. The second kappa shape index (κ2) is 4.70. The SMILES string of the molecule is O=C1Nc2ccnc3sc(C(=O)NC4CCCC4)c(c23)N1. The molecule has 0 atom stereocenters. The van der Waals surface area contributed by atoms with Crippen LogP contribution >= 0.6 is 11.3 Å². The quantitative estimate of drug-likeness (QED) is 0.797. The van der Waals surface area contributed by atoms with Crippen LogP contribution in [-0.2, 0) is 0 Å². The molecule has 3 amide bonds. The third kappa shape index (κ3) is 2.04. The maximum absolute atomic E-state index is 12.5. The predicted molar refractivity (Wildman–Crippen MR) is 82.0 cm³/mol. The van der Waals surface area contributed by atoms with Crippen LogP contribution in [0.5, 0.6) is 0 Å². The highest BCUT2D eigenvalue weighted by Gasteiger charge is 2.28. The van der Waals surface area contributed by atoms with Gasteiger partial charge in [0, 0.05) is 12.2 Å². The molecule has 2 aromatic rings. The lowest BCUT2D eigenvalue weighted by molar-refractivity contribution is 0.0943. The maximum Gasteiger partial charge on any atom is 0.323 e. The Hall–Kier alpha value is -2.15. The van der Waals surface area contributed by atoms with E-state index in [4.69, 9.17) is 0 Å². The molecule has 0 spiro atoms. The number of rotatable bonds is 2. The molecule has 1 saturated carbocycles. The van der Waals surface area contributed by atoms with Crippen LogP contribution in [0.1, 0.15) is 35.4 Å². The third-order valence-electron chi connectivity index (χ3n) is 3.98. The van der Waals surface area contributed by atoms with Crippen molar-refractivity contribution in [1.29, 1.82) is 0 Å². The zero-order chi connectivity index (χ0) is 14.4. The van der Waals surface area contributed by atoms with Gasteiger partial charge in [0.15, 0.2) is 0 Å². The number of hydrogen-bond acceptors (Lipinski definition) is 4. The van der Waals surface area contributed by atoms with E-state index in [0.717, 1.165) is 35.9 Å². The molecule has 0 radical (unpaired) electrons. The van der Waals surface area contributed by atoms with Crippen LogP contribution in [0.25, 0.3) is 10.2 Å². The molecule has 1 aliphatic heterocycles. The lowest BCUT2D eigenvalue weighted by Crippen LogP contribution is -2.33. The summed E-state index contributed by atoms with van der Waals surface area (Å²) in [5, 5.41) is 9.35. The molecule has 0 aromatic carbocycles. The summed E-state index contributed by atoms with van der Waals surface area (Å²) in [6.45, 7) is 0. The molecule has 7 heteroatoms. The molecule has 4 rings (SSSR count). The van der Waals surface area contributed by atoms with Gasteiger partial charge in [-0.1, -0.05) is 12.8 Å². The van der Waals surface area contributed by atoms with E-state index in [-0.39, 0.29) is 18.0 Å². The lowest BCUT2D eigenvalue weighted by Gasteiger charge is -2.16. The van der Waals surface area contributed by atoms with Gasteiger partial charge >= 0.3 is 6.03 Å². The van der Waals surface area contributed by atoms with Gasteiger partial charge in [-0.3, -0.25) is 4.79 Å². The van der Waals surface area contributed by atoms with Gasteiger partial charge in [-0.05, 0) is 18.9 Å². The Kier molecular flexibility index (Phi) is 2.81. The van der Waals surface area contributed by atoms with E-state index in [2.05, 4.69) is 20.9 Å².